The number of aromatic nitrogens is 1. The first kappa shape index (κ1) is 17.5. The van der Waals surface area contributed by atoms with E-state index in [1.807, 2.05) is 6.07 Å². The van der Waals surface area contributed by atoms with E-state index in [1.54, 1.807) is 12.1 Å². The molecule has 2 aromatic rings. The van der Waals surface area contributed by atoms with Gasteiger partial charge in [-0.2, -0.15) is 0 Å². The molecule has 0 spiro atoms. The summed E-state index contributed by atoms with van der Waals surface area (Å²) < 4.78 is 17.6. The molecule has 1 aliphatic carbocycles. The number of fused-ring (bicyclic) bond motifs is 4. The molecular formula is C18H22IN2O4P. The fraction of sp³-hybridized carbons (Fsp3) is 0.556. The Balaban J connectivity index is 1.66. The minimum absolute atomic E-state index is 0.287. The van der Waals surface area contributed by atoms with Crippen molar-refractivity contribution in [3.05, 3.63) is 29.5 Å². The molecule has 0 radical (unpaired) electrons. The number of H-pyrrole nitrogens is 1. The van der Waals surface area contributed by atoms with Crippen LogP contribution in [0.1, 0.15) is 30.0 Å². The van der Waals surface area contributed by atoms with Crippen molar-refractivity contribution in [2.45, 2.75) is 31.2 Å². The van der Waals surface area contributed by atoms with Crippen LogP contribution in [-0.2, 0) is 11.0 Å². The number of piperidine rings is 2. The molecule has 26 heavy (non-hydrogen) atoms. The van der Waals surface area contributed by atoms with Crippen molar-refractivity contribution in [3.8, 4) is 5.75 Å². The fourth-order valence-electron chi connectivity index (χ4n) is 5.67. The van der Waals surface area contributed by atoms with Gasteiger partial charge in [0.15, 0.2) is 0 Å². The van der Waals surface area contributed by atoms with Crippen molar-refractivity contribution < 1.29 is 18.9 Å². The van der Waals surface area contributed by atoms with Gasteiger partial charge in [0.25, 0.3) is 0 Å². The molecule has 2 saturated heterocycles. The molecule has 5 unspecified atom stereocenters. The predicted octanol–water partition coefficient (Wildman–Crippen LogP) is 3.42. The van der Waals surface area contributed by atoms with Crippen molar-refractivity contribution in [1.29, 1.82) is 0 Å². The molecule has 1 aromatic heterocycles. The lowest BCUT2D eigenvalue weighted by atomic mass is 9.66. The van der Waals surface area contributed by atoms with Crippen LogP contribution in [0.4, 0.5) is 0 Å². The van der Waals surface area contributed by atoms with E-state index in [0.29, 0.717) is 12.0 Å². The zero-order valence-corrected chi connectivity index (χ0v) is 17.3. The van der Waals surface area contributed by atoms with Gasteiger partial charge in [0, 0.05) is 46.1 Å². The maximum absolute atomic E-state index is 11.4. The predicted molar refractivity (Wildman–Crippen MR) is 108 cm³/mol. The Morgan fingerprint density at radius 2 is 2.19 bits per heavy atom. The zero-order valence-electron chi connectivity index (χ0n) is 14.3. The summed E-state index contributed by atoms with van der Waals surface area (Å²) in [4.78, 5) is 24.9. The van der Waals surface area contributed by atoms with E-state index >= 15 is 0 Å². The Morgan fingerprint density at radius 3 is 2.96 bits per heavy atom. The van der Waals surface area contributed by atoms with E-state index in [9.17, 15) is 14.4 Å². The lowest BCUT2D eigenvalue weighted by molar-refractivity contribution is -0.00238. The Hall–Kier alpha value is -0.600. The minimum atomic E-state index is -4.59. The molecule has 3 aliphatic heterocycles. The molecule has 0 amide bonds. The third-order valence-electron chi connectivity index (χ3n) is 6.39. The highest BCUT2D eigenvalue weighted by Gasteiger charge is 2.49. The number of benzene rings is 1. The Kier molecular flexibility index (Phi) is 4.18. The van der Waals surface area contributed by atoms with Crippen molar-refractivity contribution in [1.82, 2.24) is 9.88 Å². The number of nitrogens with one attached hydrogen (secondary N) is 1. The van der Waals surface area contributed by atoms with Crippen LogP contribution in [-0.4, -0.2) is 43.2 Å². The average molecular weight is 488 g/mol. The average Bonchev–Trinajstić information content (AvgIpc) is 2.93. The lowest BCUT2D eigenvalue weighted by Gasteiger charge is -2.53. The van der Waals surface area contributed by atoms with Gasteiger partial charge in [0.2, 0.25) is 0 Å². The van der Waals surface area contributed by atoms with Gasteiger partial charge in [-0.1, -0.05) is 28.7 Å². The Bertz CT molecular complexity index is 910. The highest BCUT2D eigenvalue weighted by atomic mass is 127. The molecular weight excluding hydrogens is 466 g/mol. The number of phosphoric ester groups is 1. The quantitative estimate of drug-likeness (QED) is 0.351. The summed E-state index contributed by atoms with van der Waals surface area (Å²) in [6.45, 7) is 2.21. The monoisotopic (exact) mass is 488 g/mol. The second kappa shape index (κ2) is 6.21. The van der Waals surface area contributed by atoms with E-state index in [-0.39, 0.29) is 5.75 Å². The van der Waals surface area contributed by atoms with E-state index in [0.717, 1.165) is 35.7 Å². The minimum Gasteiger partial charge on any atom is -0.404 e. The molecule has 6 nitrogen and oxygen atoms in total. The van der Waals surface area contributed by atoms with Crippen molar-refractivity contribution in [2.24, 2.45) is 11.8 Å². The maximum atomic E-state index is 11.4. The number of rotatable bonds is 3. The normalized spacial score (nSPS) is 33.1. The van der Waals surface area contributed by atoms with Gasteiger partial charge in [0.05, 0.1) is 0 Å². The molecule has 1 aromatic carbocycles. The fourth-order valence-corrected chi connectivity index (χ4v) is 6.96. The van der Waals surface area contributed by atoms with Crippen molar-refractivity contribution in [2.75, 3.05) is 17.5 Å². The topological polar surface area (TPSA) is 85.8 Å². The van der Waals surface area contributed by atoms with Crippen LogP contribution in [0.15, 0.2) is 18.2 Å². The number of nitrogens with zero attached hydrogens (tertiary/aromatic N) is 1. The highest BCUT2D eigenvalue weighted by molar-refractivity contribution is 14.1. The molecule has 3 N–H and O–H groups in total. The van der Waals surface area contributed by atoms with Crippen LogP contribution in [0.5, 0.6) is 5.75 Å². The number of halogens is 1. The molecule has 3 fully saturated rings. The van der Waals surface area contributed by atoms with E-state index in [4.69, 9.17) is 4.52 Å². The summed E-state index contributed by atoms with van der Waals surface area (Å²) in [5.74, 6) is 2.26. The van der Waals surface area contributed by atoms with Crippen LogP contribution in [0.25, 0.3) is 10.9 Å². The van der Waals surface area contributed by atoms with Crippen LogP contribution in [0.2, 0.25) is 0 Å². The molecule has 1 saturated carbocycles. The largest absolute Gasteiger partial charge is 0.524 e. The van der Waals surface area contributed by atoms with Gasteiger partial charge in [0.1, 0.15) is 5.75 Å². The van der Waals surface area contributed by atoms with Crippen molar-refractivity contribution in [3.63, 3.8) is 0 Å². The van der Waals surface area contributed by atoms with E-state index in [1.165, 1.54) is 35.1 Å². The molecule has 5 atom stereocenters. The summed E-state index contributed by atoms with van der Waals surface area (Å²) in [5, 5.41) is 0.849. The number of hydrogen-bond acceptors (Lipinski definition) is 3. The van der Waals surface area contributed by atoms with Gasteiger partial charge >= 0.3 is 7.82 Å². The lowest BCUT2D eigenvalue weighted by Crippen LogP contribution is -2.56. The molecule has 140 valence electrons. The van der Waals surface area contributed by atoms with Crippen LogP contribution in [0, 0.1) is 11.8 Å². The zero-order chi connectivity index (χ0) is 18.1. The van der Waals surface area contributed by atoms with Crippen molar-refractivity contribution >= 4 is 41.3 Å². The smallest absolute Gasteiger partial charge is 0.404 e. The van der Waals surface area contributed by atoms with Crippen LogP contribution >= 0.6 is 30.4 Å². The van der Waals surface area contributed by atoms with Gasteiger partial charge in [-0.25, -0.2) is 4.57 Å². The van der Waals surface area contributed by atoms with Crippen LogP contribution in [0.3, 0.4) is 0 Å². The first-order valence-electron chi connectivity index (χ1n) is 9.13. The summed E-state index contributed by atoms with van der Waals surface area (Å²) in [6.07, 6.45) is 3.44. The molecule has 8 heteroatoms. The first-order chi connectivity index (χ1) is 12.4. The van der Waals surface area contributed by atoms with Crippen LogP contribution < -0.4 is 4.52 Å². The Labute approximate surface area is 165 Å². The van der Waals surface area contributed by atoms with Gasteiger partial charge in [-0.3, -0.25) is 14.7 Å². The summed E-state index contributed by atoms with van der Waals surface area (Å²) >= 11 is 2.53. The van der Waals surface area contributed by atoms with Gasteiger partial charge < -0.3 is 9.51 Å². The molecule has 6 rings (SSSR count). The molecule has 4 aliphatic rings. The van der Waals surface area contributed by atoms with Gasteiger partial charge in [-0.05, 0) is 48.8 Å². The number of hydrogen-bond donors (Lipinski definition) is 3. The highest BCUT2D eigenvalue weighted by Crippen LogP contribution is 2.52. The molecule has 4 heterocycles. The number of alkyl halides is 1. The van der Waals surface area contributed by atoms with Gasteiger partial charge in [-0.15, -0.1) is 0 Å². The molecule has 4 bridgehead atoms. The summed E-state index contributed by atoms with van der Waals surface area (Å²) in [7, 11) is -4.59. The third kappa shape index (κ3) is 2.75. The second-order valence-electron chi connectivity index (χ2n) is 7.87. The first-order valence-corrected chi connectivity index (χ1v) is 12.2. The second-order valence-corrected chi connectivity index (χ2v) is 9.92. The number of aromatic amines is 1. The van der Waals surface area contributed by atoms with E-state index in [2.05, 4.69) is 32.5 Å². The standard InChI is InChI=1S/C18H22IN2O4P/c19-8-11-6-10-7-13-17-12(4-5-21(9-10)18(11)13)16-14(20-17)2-1-3-15(16)25-26(22,23)24/h1-3,10-11,13,18,20H,4-9H2,(H2,22,23,24). The summed E-state index contributed by atoms with van der Waals surface area (Å²) in [5.41, 5.74) is 3.38. The maximum Gasteiger partial charge on any atom is 0.524 e. The van der Waals surface area contributed by atoms with E-state index < -0.39 is 7.82 Å². The summed E-state index contributed by atoms with van der Waals surface area (Å²) in [6, 6.07) is 6.01. The SMILES string of the molecule is O=P(O)(O)Oc1cccc2[nH]c3c(c12)CCN1CC2CC(CI)C1C3C2. The Morgan fingerprint density at radius 1 is 1.35 bits per heavy atom. The third-order valence-corrected chi connectivity index (χ3v) is 7.96. The number of phosphoric acid groups is 1.